The van der Waals surface area contributed by atoms with Crippen LogP contribution < -0.4 is 0 Å². The summed E-state index contributed by atoms with van der Waals surface area (Å²) in [5.41, 5.74) is 7.01. The van der Waals surface area contributed by atoms with Crippen molar-refractivity contribution in [3.63, 3.8) is 0 Å². The second-order valence-corrected chi connectivity index (χ2v) is 7.64. The standard InChI is InChI=1S/C24H27NO3/c1-6-8-23(27)18-10-12-20-19-11-9-17(15(3)25-28-16(4)26)13-21(19)24(5,7-2)22(20)14-18/h9-14H,6-8H2,1-5H3/b25-15-. The van der Waals surface area contributed by atoms with Crippen molar-refractivity contribution in [3.05, 3.63) is 58.7 Å². The fraction of sp³-hybridized carbons (Fsp3) is 0.375. The molecule has 0 saturated carbocycles. The SMILES string of the molecule is CCCC(=O)c1ccc2c(c1)C(C)(CC)c1cc(/C(C)=N\OC(C)=O)ccc1-2. The minimum atomic E-state index is -0.435. The van der Waals surface area contributed by atoms with Gasteiger partial charge in [0.15, 0.2) is 5.78 Å². The van der Waals surface area contributed by atoms with Crippen LogP contribution in [0, 0.1) is 0 Å². The third-order valence-corrected chi connectivity index (χ3v) is 5.75. The van der Waals surface area contributed by atoms with Crippen LogP contribution in [0.3, 0.4) is 0 Å². The number of hydrogen-bond donors (Lipinski definition) is 0. The maximum atomic E-state index is 12.4. The topological polar surface area (TPSA) is 55.7 Å². The summed E-state index contributed by atoms with van der Waals surface area (Å²) in [6, 6.07) is 12.3. The van der Waals surface area contributed by atoms with Crippen molar-refractivity contribution in [3.8, 4) is 11.1 Å². The van der Waals surface area contributed by atoms with Crippen LogP contribution in [-0.2, 0) is 15.0 Å². The van der Waals surface area contributed by atoms with E-state index in [2.05, 4.69) is 43.3 Å². The van der Waals surface area contributed by atoms with Gasteiger partial charge < -0.3 is 4.84 Å². The van der Waals surface area contributed by atoms with Crippen LogP contribution in [-0.4, -0.2) is 17.5 Å². The Kier molecular flexibility index (Phi) is 5.50. The molecule has 0 bridgehead atoms. The van der Waals surface area contributed by atoms with Gasteiger partial charge >= 0.3 is 5.97 Å². The molecule has 1 aliphatic rings. The van der Waals surface area contributed by atoms with Crippen LogP contribution in [0.4, 0.5) is 0 Å². The molecule has 0 saturated heterocycles. The van der Waals surface area contributed by atoms with E-state index in [1.165, 1.54) is 29.2 Å². The van der Waals surface area contributed by atoms with Gasteiger partial charge in [0.05, 0.1) is 5.71 Å². The van der Waals surface area contributed by atoms with Crippen molar-refractivity contribution in [2.24, 2.45) is 5.16 Å². The third kappa shape index (κ3) is 3.39. The van der Waals surface area contributed by atoms with Crippen LogP contribution in [0.2, 0.25) is 0 Å². The van der Waals surface area contributed by atoms with E-state index >= 15 is 0 Å². The normalized spacial score (nSPS) is 17.8. The van der Waals surface area contributed by atoms with E-state index in [4.69, 9.17) is 4.84 Å². The molecular weight excluding hydrogens is 350 g/mol. The van der Waals surface area contributed by atoms with Crippen LogP contribution in [0.25, 0.3) is 11.1 Å². The zero-order chi connectivity index (χ0) is 20.5. The number of rotatable bonds is 6. The molecular formula is C24H27NO3. The van der Waals surface area contributed by atoms with Gasteiger partial charge in [-0.25, -0.2) is 4.79 Å². The van der Waals surface area contributed by atoms with Crippen molar-refractivity contribution in [1.29, 1.82) is 0 Å². The fourth-order valence-corrected chi connectivity index (χ4v) is 3.95. The van der Waals surface area contributed by atoms with E-state index in [1.54, 1.807) is 0 Å². The molecule has 0 spiro atoms. The zero-order valence-electron chi connectivity index (χ0n) is 17.3. The van der Waals surface area contributed by atoms with Crippen molar-refractivity contribution < 1.29 is 14.4 Å². The second-order valence-electron chi connectivity index (χ2n) is 7.64. The van der Waals surface area contributed by atoms with E-state index in [1.807, 2.05) is 26.0 Å². The van der Waals surface area contributed by atoms with Crippen molar-refractivity contribution in [1.82, 2.24) is 0 Å². The first-order chi connectivity index (χ1) is 13.3. The number of hydrogen-bond acceptors (Lipinski definition) is 4. The Morgan fingerprint density at radius 3 is 2.07 bits per heavy atom. The molecule has 0 aliphatic heterocycles. The summed E-state index contributed by atoms with van der Waals surface area (Å²) in [5, 5.41) is 3.92. The van der Waals surface area contributed by atoms with Crippen LogP contribution in [0.1, 0.15) is 80.9 Å². The lowest BCUT2D eigenvalue weighted by molar-refractivity contribution is -0.140. The number of fused-ring (bicyclic) bond motifs is 3. The summed E-state index contributed by atoms with van der Waals surface area (Å²) in [6.45, 7) is 9.59. The van der Waals surface area contributed by atoms with Gasteiger partial charge in [-0.2, -0.15) is 0 Å². The minimum absolute atomic E-state index is 0.176. The largest absolute Gasteiger partial charge is 0.331 e. The molecule has 4 nitrogen and oxygen atoms in total. The molecule has 0 fully saturated rings. The first kappa shape index (κ1) is 20.0. The van der Waals surface area contributed by atoms with Crippen molar-refractivity contribution >= 4 is 17.5 Å². The molecule has 1 atom stereocenters. The van der Waals surface area contributed by atoms with E-state index in [0.29, 0.717) is 12.1 Å². The highest BCUT2D eigenvalue weighted by Gasteiger charge is 2.38. The number of ketones is 1. The third-order valence-electron chi connectivity index (χ3n) is 5.75. The summed E-state index contributed by atoms with van der Waals surface area (Å²) in [5.74, 6) is -0.236. The van der Waals surface area contributed by atoms with Crippen LogP contribution in [0.15, 0.2) is 41.6 Å². The fourth-order valence-electron chi connectivity index (χ4n) is 3.95. The number of benzene rings is 2. The smallest absolute Gasteiger partial charge is 0.318 e. The van der Waals surface area contributed by atoms with E-state index < -0.39 is 5.97 Å². The monoisotopic (exact) mass is 377 g/mol. The highest BCUT2D eigenvalue weighted by atomic mass is 16.7. The molecule has 2 aromatic rings. The van der Waals surface area contributed by atoms with Gasteiger partial charge in [-0.3, -0.25) is 4.79 Å². The number of nitrogens with zero attached hydrogens (tertiary/aromatic N) is 1. The molecule has 0 aromatic heterocycles. The van der Waals surface area contributed by atoms with Gasteiger partial charge in [0.1, 0.15) is 0 Å². The molecule has 0 radical (unpaired) electrons. The summed E-state index contributed by atoms with van der Waals surface area (Å²) < 4.78 is 0. The molecule has 2 aromatic carbocycles. The molecule has 28 heavy (non-hydrogen) atoms. The molecule has 1 unspecified atom stereocenters. The molecule has 0 amide bonds. The lowest BCUT2D eigenvalue weighted by Gasteiger charge is -2.26. The first-order valence-corrected chi connectivity index (χ1v) is 9.87. The average molecular weight is 377 g/mol. The predicted molar refractivity (Wildman–Crippen MR) is 112 cm³/mol. The van der Waals surface area contributed by atoms with E-state index in [0.717, 1.165) is 24.0 Å². The highest BCUT2D eigenvalue weighted by molar-refractivity contribution is 6.01. The number of oxime groups is 1. The summed E-state index contributed by atoms with van der Waals surface area (Å²) in [4.78, 5) is 28.3. The van der Waals surface area contributed by atoms with Gasteiger partial charge in [0.2, 0.25) is 0 Å². The Morgan fingerprint density at radius 2 is 1.54 bits per heavy atom. The Morgan fingerprint density at radius 1 is 0.964 bits per heavy atom. The highest BCUT2D eigenvalue weighted by Crippen LogP contribution is 2.51. The number of carbonyl (C=O) groups excluding carboxylic acids is 2. The molecule has 0 N–H and O–H groups in total. The lowest BCUT2D eigenvalue weighted by atomic mass is 9.77. The van der Waals surface area contributed by atoms with Gasteiger partial charge in [-0.1, -0.05) is 50.2 Å². The molecule has 0 heterocycles. The Hall–Kier alpha value is -2.75. The number of carbonyl (C=O) groups is 2. The minimum Gasteiger partial charge on any atom is -0.318 e. The zero-order valence-corrected chi connectivity index (χ0v) is 17.3. The van der Waals surface area contributed by atoms with E-state index in [9.17, 15) is 9.59 Å². The molecule has 3 rings (SSSR count). The lowest BCUT2D eigenvalue weighted by Crippen LogP contribution is -2.20. The summed E-state index contributed by atoms with van der Waals surface area (Å²) in [6.07, 6.45) is 2.35. The molecule has 1 aliphatic carbocycles. The molecule has 4 heteroatoms. The van der Waals surface area contributed by atoms with Gasteiger partial charge in [0.25, 0.3) is 0 Å². The maximum Gasteiger partial charge on any atom is 0.331 e. The Balaban J connectivity index is 2.09. The quantitative estimate of drug-likeness (QED) is 0.283. The van der Waals surface area contributed by atoms with Crippen LogP contribution >= 0.6 is 0 Å². The Bertz CT molecular complexity index is 974. The van der Waals surface area contributed by atoms with Gasteiger partial charge in [-0.15, -0.1) is 0 Å². The Labute approximate surface area is 166 Å². The maximum absolute atomic E-state index is 12.4. The summed E-state index contributed by atoms with van der Waals surface area (Å²) >= 11 is 0. The van der Waals surface area contributed by atoms with Crippen molar-refractivity contribution in [2.45, 2.75) is 59.3 Å². The van der Waals surface area contributed by atoms with Crippen LogP contribution in [0.5, 0.6) is 0 Å². The summed E-state index contributed by atoms with van der Waals surface area (Å²) in [7, 11) is 0. The van der Waals surface area contributed by atoms with Gasteiger partial charge in [-0.05, 0) is 59.7 Å². The van der Waals surface area contributed by atoms with E-state index in [-0.39, 0.29) is 11.2 Å². The second kappa shape index (κ2) is 7.70. The average Bonchev–Trinajstić information content (AvgIpc) is 2.94. The number of Topliss-reactive ketones (excluding diaryl/α,β-unsaturated/α-hetero) is 1. The van der Waals surface area contributed by atoms with Gasteiger partial charge in [0, 0.05) is 24.3 Å². The van der Waals surface area contributed by atoms with Crippen molar-refractivity contribution in [2.75, 3.05) is 0 Å². The predicted octanol–water partition coefficient (Wildman–Crippen LogP) is 5.65. The molecule has 146 valence electrons. The first-order valence-electron chi connectivity index (χ1n) is 9.87.